The number of carbonyl (C=O) groups is 1. The SMILES string of the molecule is CC/C(NC)=C(/C=C(Cl)\C=C/N)C(=O)NCc1ccc(N2CC(C)CC(C)C2)cc1. The molecule has 164 valence electrons. The molecule has 4 N–H and O–H groups in total. The second-order valence-corrected chi connectivity index (χ2v) is 8.52. The van der Waals surface area contributed by atoms with Gasteiger partial charge >= 0.3 is 0 Å². The van der Waals surface area contributed by atoms with E-state index in [-0.39, 0.29) is 5.91 Å². The first-order valence-corrected chi connectivity index (χ1v) is 11.0. The van der Waals surface area contributed by atoms with Crippen LogP contribution in [0.4, 0.5) is 5.69 Å². The Morgan fingerprint density at radius 1 is 1.23 bits per heavy atom. The topological polar surface area (TPSA) is 70.4 Å². The van der Waals surface area contributed by atoms with Gasteiger partial charge in [0.25, 0.3) is 5.91 Å². The Hall–Kier alpha value is -2.40. The van der Waals surface area contributed by atoms with Crippen LogP contribution < -0.4 is 21.3 Å². The lowest BCUT2D eigenvalue weighted by atomic mass is 9.91. The van der Waals surface area contributed by atoms with Crippen molar-refractivity contribution >= 4 is 23.2 Å². The van der Waals surface area contributed by atoms with Crippen LogP contribution in [0.15, 0.2) is 58.9 Å². The van der Waals surface area contributed by atoms with Gasteiger partial charge in [0, 0.05) is 43.1 Å². The van der Waals surface area contributed by atoms with E-state index < -0.39 is 0 Å². The maximum Gasteiger partial charge on any atom is 0.253 e. The van der Waals surface area contributed by atoms with E-state index in [1.165, 1.54) is 18.3 Å². The summed E-state index contributed by atoms with van der Waals surface area (Å²) in [4.78, 5) is 15.3. The predicted octanol–water partition coefficient (Wildman–Crippen LogP) is 4.26. The van der Waals surface area contributed by atoms with E-state index in [2.05, 4.69) is 53.6 Å². The number of nitrogens with two attached hydrogens (primary N) is 1. The predicted molar refractivity (Wildman–Crippen MR) is 127 cm³/mol. The van der Waals surface area contributed by atoms with Crippen LogP contribution in [0.5, 0.6) is 0 Å². The maximum atomic E-state index is 12.8. The van der Waals surface area contributed by atoms with Gasteiger partial charge in [-0.1, -0.05) is 44.5 Å². The van der Waals surface area contributed by atoms with Crippen LogP contribution in [-0.2, 0) is 11.3 Å². The van der Waals surface area contributed by atoms with Crippen molar-refractivity contribution in [2.24, 2.45) is 17.6 Å². The quantitative estimate of drug-likeness (QED) is 0.425. The summed E-state index contributed by atoms with van der Waals surface area (Å²) in [5.41, 5.74) is 9.03. The largest absolute Gasteiger partial charge is 0.405 e. The van der Waals surface area contributed by atoms with Gasteiger partial charge in [-0.05, 0) is 60.7 Å². The Labute approximate surface area is 186 Å². The minimum Gasteiger partial charge on any atom is -0.405 e. The molecule has 0 spiro atoms. The molecule has 0 bridgehead atoms. The number of halogens is 1. The van der Waals surface area contributed by atoms with Crippen LogP contribution in [-0.4, -0.2) is 26.0 Å². The van der Waals surface area contributed by atoms with E-state index >= 15 is 0 Å². The van der Waals surface area contributed by atoms with E-state index in [1.54, 1.807) is 19.2 Å². The molecule has 1 aromatic carbocycles. The van der Waals surface area contributed by atoms with Crippen molar-refractivity contribution in [1.29, 1.82) is 0 Å². The van der Waals surface area contributed by atoms with Crippen LogP contribution >= 0.6 is 11.6 Å². The summed E-state index contributed by atoms with van der Waals surface area (Å²) in [7, 11) is 1.80. The highest BCUT2D eigenvalue weighted by Crippen LogP contribution is 2.26. The van der Waals surface area contributed by atoms with Crippen LogP contribution in [0.2, 0.25) is 0 Å². The molecular weight excluding hydrogens is 396 g/mol. The van der Waals surface area contributed by atoms with Crippen molar-refractivity contribution in [3.8, 4) is 0 Å². The number of amides is 1. The lowest BCUT2D eigenvalue weighted by Gasteiger charge is -2.36. The van der Waals surface area contributed by atoms with Crippen LogP contribution in [0.3, 0.4) is 0 Å². The number of nitrogens with one attached hydrogen (secondary N) is 2. The van der Waals surface area contributed by atoms with Crippen LogP contribution in [0.25, 0.3) is 0 Å². The third-order valence-corrected chi connectivity index (χ3v) is 5.62. The van der Waals surface area contributed by atoms with Crippen molar-refractivity contribution in [3.63, 3.8) is 0 Å². The summed E-state index contributed by atoms with van der Waals surface area (Å²) < 4.78 is 0. The van der Waals surface area contributed by atoms with Gasteiger partial charge in [-0.2, -0.15) is 0 Å². The number of carbonyl (C=O) groups excluding carboxylic acids is 1. The molecule has 30 heavy (non-hydrogen) atoms. The van der Waals surface area contributed by atoms with Gasteiger partial charge in [0.05, 0.1) is 5.57 Å². The summed E-state index contributed by atoms with van der Waals surface area (Å²) in [5.74, 6) is 1.26. The normalized spacial score (nSPS) is 20.8. The summed E-state index contributed by atoms with van der Waals surface area (Å²) in [5, 5.41) is 6.48. The van der Waals surface area contributed by atoms with E-state index in [0.717, 1.165) is 24.4 Å². The fraction of sp³-hybridized carbons (Fsp3) is 0.458. The molecule has 1 fully saturated rings. The van der Waals surface area contributed by atoms with Gasteiger partial charge in [0.2, 0.25) is 0 Å². The molecule has 0 radical (unpaired) electrons. The van der Waals surface area contributed by atoms with Crippen LogP contribution in [0, 0.1) is 11.8 Å². The smallest absolute Gasteiger partial charge is 0.253 e. The third-order valence-electron chi connectivity index (χ3n) is 5.39. The van der Waals surface area contributed by atoms with Gasteiger partial charge in [-0.15, -0.1) is 0 Å². The second kappa shape index (κ2) is 11.7. The number of benzene rings is 1. The summed E-state index contributed by atoms with van der Waals surface area (Å²) >= 11 is 6.15. The number of anilines is 1. The average Bonchev–Trinajstić information content (AvgIpc) is 2.72. The number of allylic oxidation sites excluding steroid dienone is 3. The molecule has 0 aliphatic carbocycles. The fourth-order valence-electron chi connectivity index (χ4n) is 4.05. The van der Waals surface area contributed by atoms with Crippen molar-refractivity contribution < 1.29 is 4.79 Å². The number of hydrogen-bond donors (Lipinski definition) is 3. The molecule has 1 aromatic rings. The van der Waals surface area contributed by atoms with Gasteiger partial charge in [-0.3, -0.25) is 4.79 Å². The van der Waals surface area contributed by atoms with Gasteiger partial charge in [0.1, 0.15) is 0 Å². The summed E-state index contributed by atoms with van der Waals surface area (Å²) in [6.07, 6.45) is 6.52. The molecule has 0 saturated carbocycles. The molecule has 0 aromatic heterocycles. The lowest BCUT2D eigenvalue weighted by Crippen LogP contribution is -2.38. The molecule has 1 amide bonds. The molecule has 1 heterocycles. The van der Waals surface area contributed by atoms with Crippen molar-refractivity contribution in [1.82, 2.24) is 10.6 Å². The summed E-state index contributed by atoms with van der Waals surface area (Å²) in [6.45, 7) is 9.27. The molecule has 1 saturated heterocycles. The van der Waals surface area contributed by atoms with Crippen LogP contribution in [0.1, 0.15) is 39.2 Å². The maximum absolute atomic E-state index is 12.8. The summed E-state index contributed by atoms with van der Waals surface area (Å²) in [6, 6.07) is 8.47. The number of piperidine rings is 1. The first-order valence-electron chi connectivity index (χ1n) is 10.7. The van der Waals surface area contributed by atoms with E-state index in [9.17, 15) is 4.79 Å². The Morgan fingerprint density at radius 2 is 1.87 bits per heavy atom. The standard InChI is InChI=1S/C24H35ClN4O/c1-5-23(27-4)22(13-20(25)10-11-26)24(30)28-14-19-6-8-21(9-7-19)29-15-17(2)12-18(3)16-29/h6-11,13,17-18,27H,5,12,14-16,26H2,1-4H3,(H,28,30)/b11-10-,20-13+,23-22+. The second-order valence-electron chi connectivity index (χ2n) is 8.08. The number of nitrogens with zero attached hydrogens (tertiary/aromatic N) is 1. The minimum atomic E-state index is -0.174. The third kappa shape index (κ3) is 6.84. The molecule has 6 heteroatoms. The Balaban J connectivity index is 2.06. The Morgan fingerprint density at radius 3 is 2.40 bits per heavy atom. The Bertz CT molecular complexity index is 782. The highest BCUT2D eigenvalue weighted by molar-refractivity contribution is 6.31. The van der Waals surface area contributed by atoms with E-state index in [1.807, 2.05) is 6.92 Å². The van der Waals surface area contributed by atoms with E-state index in [4.69, 9.17) is 17.3 Å². The number of hydrogen-bond acceptors (Lipinski definition) is 4. The average molecular weight is 431 g/mol. The zero-order valence-corrected chi connectivity index (χ0v) is 19.3. The highest BCUT2D eigenvalue weighted by Gasteiger charge is 2.21. The van der Waals surface area contributed by atoms with Crippen molar-refractivity contribution in [2.75, 3.05) is 25.0 Å². The number of rotatable bonds is 8. The van der Waals surface area contributed by atoms with E-state index in [0.29, 0.717) is 35.4 Å². The molecule has 2 rings (SSSR count). The molecule has 2 unspecified atom stereocenters. The van der Waals surface area contributed by atoms with Gasteiger partial charge in [0.15, 0.2) is 0 Å². The fourth-order valence-corrected chi connectivity index (χ4v) is 4.23. The first-order chi connectivity index (χ1) is 14.4. The molecule has 2 atom stereocenters. The first kappa shape index (κ1) is 23.9. The minimum absolute atomic E-state index is 0.174. The zero-order chi connectivity index (χ0) is 22.1. The monoisotopic (exact) mass is 430 g/mol. The highest BCUT2D eigenvalue weighted by atomic mass is 35.5. The molecule has 1 aliphatic rings. The molecule has 5 nitrogen and oxygen atoms in total. The molecular formula is C24H35ClN4O. The molecule has 1 aliphatic heterocycles. The zero-order valence-electron chi connectivity index (χ0n) is 18.5. The lowest BCUT2D eigenvalue weighted by molar-refractivity contribution is -0.117. The Kier molecular flexibility index (Phi) is 9.31. The van der Waals surface area contributed by atoms with Gasteiger partial charge < -0.3 is 21.3 Å². The van der Waals surface area contributed by atoms with Gasteiger partial charge in [-0.25, -0.2) is 0 Å². The van der Waals surface area contributed by atoms with Crippen molar-refractivity contribution in [2.45, 2.75) is 40.2 Å². The van der Waals surface area contributed by atoms with Crippen molar-refractivity contribution in [3.05, 3.63) is 64.5 Å².